The van der Waals surface area contributed by atoms with E-state index in [1.807, 2.05) is 6.92 Å². The zero-order valence-electron chi connectivity index (χ0n) is 13.9. The van der Waals surface area contributed by atoms with Gasteiger partial charge in [0.2, 0.25) is 0 Å². The Balaban J connectivity index is 1.61. The van der Waals surface area contributed by atoms with Gasteiger partial charge in [0.05, 0.1) is 16.7 Å². The van der Waals surface area contributed by atoms with E-state index in [-0.39, 0.29) is 0 Å². The van der Waals surface area contributed by atoms with Crippen molar-refractivity contribution in [1.82, 2.24) is 19.9 Å². The van der Waals surface area contributed by atoms with Crippen molar-refractivity contribution in [2.45, 2.75) is 46.0 Å². The molecule has 3 aromatic rings. The van der Waals surface area contributed by atoms with Gasteiger partial charge in [0.1, 0.15) is 11.6 Å². The minimum absolute atomic E-state index is 0.448. The second-order valence-corrected chi connectivity index (χ2v) is 6.79. The monoisotopic (exact) mass is 306 g/mol. The summed E-state index contributed by atoms with van der Waals surface area (Å²) in [6.07, 6.45) is 5.42. The summed E-state index contributed by atoms with van der Waals surface area (Å²) < 4.78 is 0. The van der Waals surface area contributed by atoms with Gasteiger partial charge >= 0.3 is 0 Å². The van der Waals surface area contributed by atoms with Gasteiger partial charge in [-0.3, -0.25) is 0 Å². The number of aromatic nitrogens is 4. The van der Waals surface area contributed by atoms with Crippen molar-refractivity contribution >= 4 is 17.1 Å². The first-order valence-corrected chi connectivity index (χ1v) is 8.32. The van der Waals surface area contributed by atoms with Crippen LogP contribution in [0.25, 0.3) is 17.1 Å². The molecule has 0 saturated heterocycles. The molecular weight excluding hydrogens is 284 g/mol. The van der Waals surface area contributed by atoms with E-state index < -0.39 is 0 Å². The normalized spacial score (nSPS) is 14.3. The smallest absolute Gasteiger partial charge is 0.109 e. The standard InChI is InChI=1S/C19H22N4/c1-11(2)19-22-16-7-5-14(10-18(16)23-19)8-13-4-6-15-17(9-13)21-12(3)20-15/h4,6,9-11H,5,7-8H2,1-3H3,(H,20,21)(H,22,23). The van der Waals surface area contributed by atoms with E-state index in [4.69, 9.17) is 4.98 Å². The van der Waals surface area contributed by atoms with E-state index in [9.17, 15) is 0 Å². The maximum atomic E-state index is 4.75. The van der Waals surface area contributed by atoms with Gasteiger partial charge in [-0.1, -0.05) is 25.5 Å². The highest BCUT2D eigenvalue weighted by atomic mass is 14.9. The van der Waals surface area contributed by atoms with Gasteiger partial charge in [-0.05, 0) is 50.0 Å². The van der Waals surface area contributed by atoms with Crippen LogP contribution in [0.15, 0.2) is 23.8 Å². The van der Waals surface area contributed by atoms with Crippen LogP contribution >= 0.6 is 0 Å². The highest BCUT2D eigenvalue weighted by molar-refractivity contribution is 5.76. The number of hydrogen-bond acceptors (Lipinski definition) is 2. The molecule has 23 heavy (non-hydrogen) atoms. The van der Waals surface area contributed by atoms with Crippen LogP contribution in [0.4, 0.5) is 0 Å². The summed E-state index contributed by atoms with van der Waals surface area (Å²) in [5.41, 5.74) is 7.37. The lowest BCUT2D eigenvalue weighted by Crippen LogP contribution is -2.01. The van der Waals surface area contributed by atoms with Crippen molar-refractivity contribution in [3.05, 3.63) is 52.4 Å². The Morgan fingerprint density at radius 2 is 2.00 bits per heavy atom. The SMILES string of the molecule is Cc1nc2ccc(CC3=Cc4nc(C(C)C)[nH]c4CC3)cc2[nH]1. The Labute approximate surface area is 136 Å². The van der Waals surface area contributed by atoms with Crippen LogP contribution in [0.3, 0.4) is 0 Å². The van der Waals surface area contributed by atoms with E-state index >= 15 is 0 Å². The maximum absolute atomic E-state index is 4.75. The zero-order chi connectivity index (χ0) is 16.0. The van der Waals surface area contributed by atoms with Gasteiger partial charge in [0.25, 0.3) is 0 Å². The third-order valence-corrected chi connectivity index (χ3v) is 4.51. The van der Waals surface area contributed by atoms with Crippen molar-refractivity contribution in [2.24, 2.45) is 0 Å². The van der Waals surface area contributed by atoms with E-state index in [0.29, 0.717) is 5.92 Å². The molecule has 1 aromatic carbocycles. The average Bonchev–Trinajstić information content (AvgIpc) is 3.08. The van der Waals surface area contributed by atoms with Crippen molar-refractivity contribution in [3.63, 3.8) is 0 Å². The number of rotatable bonds is 3. The van der Waals surface area contributed by atoms with Crippen molar-refractivity contribution in [2.75, 3.05) is 0 Å². The molecule has 0 fully saturated rings. The summed E-state index contributed by atoms with van der Waals surface area (Å²) in [5.74, 6) is 2.52. The number of H-pyrrole nitrogens is 2. The topological polar surface area (TPSA) is 57.4 Å². The number of allylic oxidation sites excluding steroid dienone is 1. The Morgan fingerprint density at radius 1 is 1.13 bits per heavy atom. The second kappa shape index (κ2) is 5.37. The van der Waals surface area contributed by atoms with Gasteiger partial charge in [-0.25, -0.2) is 9.97 Å². The molecule has 1 aliphatic rings. The van der Waals surface area contributed by atoms with Crippen LogP contribution < -0.4 is 0 Å². The summed E-state index contributed by atoms with van der Waals surface area (Å²) in [4.78, 5) is 16.0. The Hall–Kier alpha value is -2.36. The number of aryl methyl sites for hydroxylation is 2. The quantitative estimate of drug-likeness (QED) is 0.758. The maximum Gasteiger partial charge on any atom is 0.109 e. The van der Waals surface area contributed by atoms with Crippen LogP contribution in [0.5, 0.6) is 0 Å². The molecule has 0 bridgehead atoms. The second-order valence-electron chi connectivity index (χ2n) is 6.79. The van der Waals surface area contributed by atoms with Gasteiger partial charge in [-0.2, -0.15) is 0 Å². The van der Waals surface area contributed by atoms with E-state index in [1.165, 1.54) is 16.8 Å². The Bertz CT molecular complexity index is 895. The van der Waals surface area contributed by atoms with Gasteiger partial charge < -0.3 is 9.97 Å². The molecule has 0 atom stereocenters. The number of nitrogens with one attached hydrogen (secondary N) is 2. The molecule has 0 aliphatic heterocycles. The lowest BCUT2D eigenvalue weighted by atomic mass is 9.94. The molecular formula is C19H22N4. The molecule has 2 heterocycles. The third-order valence-electron chi connectivity index (χ3n) is 4.51. The summed E-state index contributed by atoms with van der Waals surface area (Å²) in [6.45, 7) is 6.35. The number of benzene rings is 1. The van der Waals surface area contributed by atoms with Crippen LogP contribution in [-0.4, -0.2) is 19.9 Å². The summed E-state index contributed by atoms with van der Waals surface area (Å²) in [5, 5.41) is 0. The fourth-order valence-corrected chi connectivity index (χ4v) is 3.27. The fourth-order valence-electron chi connectivity index (χ4n) is 3.27. The molecule has 4 rings (SSSR count). The fraction of sp³-hybridized carbons (Fsp3) is 0.368. The van der Waals surface area contributed by atoms with Crippen molar-refractivity contribution < 1.29 is 0 Å². The molecule has 4 heteroatoms. The first-order chi connectivity index (χ1) is 11.1. The molecule has 4 nitrogen and oxygen atoms in total. The number of imidazole rings is 2. The molecule has 0 saturated carbocycles. The van der Waals surface area contributed by atoms with E-state index in [0.717, 1.165) is 47.6 Å². The lowest BCUT2D eigenvalue weighted by molar-refractivity contribution is 0.785. The van der Waals surface area contributed by atoms with Gasteiger partial charge in [0, 0.05) is 11.6 Å². The molecule has 1 aliphatic carbocycles. The summed E-state index contributed by atoms with van der Waals surface area (Å²) in [6, 6.07) is 6.51. The highest BCUT2D eigenvalue weighted by Gasteiger charge is 2.16. The number of fused-ring (bicyclic) bond motifs is 2. The molecule has 0 amide bonds. The first kappa shape index (κ1) is 14.2. The predicted octanol–water partition coefficient (Wildman–Crippen LogP) is 4.29. The van der Waals surface area contributed by atoms with Crippen LogP contribution in [0.2, 0.25) is 0 Å². The largest absolute Gasteiger partial charge is 0.345 e. The van der Waals surface area contributed by atoms with Crippen LogP contribution in [-0.2, 0) is 12.8 Å². The predicted molar refractivity (Wildman–Crippen MR) is 93.5 cm³/mol. The average molecular weight is 306 g/mol. The molecule has 2 aromatic heterocycles. The lowest BCUT2D eigenvalue weighted by Gasteiger charge is -2.12. The number of aromatic amines is 2. The minimum atomic E-state index is 0.448. The molecule has 0 unspecified atom stereocenters. The van der Waals surface area contributed by atoms with E-state index in [2.05, 4.69) is 53.1 Å². The summed E-state index contributed by atoms with van der Waals surface area (Å²) in [7, 11) is 0. The number of hydrogen-bond donors (Lipinski definition) is 2. The van der Waals surface area contributed by atoms with Crippen LogP contribution in [0, 0.1) is 6.92 Å². The zero-order valence-corrected chi connectivity index (χ0v) is 13.9. The Morgan fingerprint density at radius 3 is 2.83 bits per heavy atom. The third kappa shape index (κ3) is 2.69. The first-order valence-electron chi connectivity index (χ1n) is 8.32. The highest BCUT2D eigenvalue weighted by Crippen LogP contribution is 2.27. The Kier molecular flexibility index (Phi) is 3.33. The summed E-state index contributed by atoms with van der Waals surface area (Å²) >= 11 is 0. The number of nitrogens with zero attached hydrogens (tertiary/aromatic N) is 2. The van der Waals surface area contributed by atoms with Crippen LogP contribution in [0.1, 0.15) is 54.8 Å². The van der Waals surface area contributed by atoms with Crippen molar-refractivity contribution in [1.29, 1.82) is 0 Å². The molecule has 118 valence electrons. The molecule has 0 radical (unpaired) electrons. The van der Waals surface area contributed by atoms with Gasteiger partial charge in [-0.15, -0.1) is 0 Å². The van der Waals surface area contributed by atoms with E-state index in [1.54, 1.807) is 0 Å². The minimum Gasteiger partial charge on any atom is -0.345 e. The van der Waals surface area contributed by atoms with Crippen molar-refractivity contribution in [3.8, 4) is 0 Å². The van der Waals surface area contributed by atoms with Gasteiger partial charge in [0.15, 0.2) is 0 Å². The molecule has 0 spiro atoms. The molecule has 2 N–H and O–H groups in total.